The summed E-state index contributed by atoms with van der Waals surface area (Å²) in [5.74, 6) is 2.63. The number of rotatable bonds is 0. The van der Waals surface area contributed by atoms with Crippen molar-refractivity contribution in [2.24, 2.45) is 23.7 Å². The molecule has 11 heavy (non-hydrogen) atoms. The number of aliphatic hydroxyl groups is 1. The van der Waals surface area contributed by atoms with E-state index in [0.717, 1.165) is 24.2 Å². The van der Waals surface area contributed by atoms with Crippen LogP contribution in [0, 0.1) is 23.7 Å². The van der Waals surface area contributed by atoms with E-state index in [2.05, 4.69) is 24.3 Å². The Morgan fingerprint density at radius 3 is 2.27 bits per heavy atom. The van der Waals surface area contributed by atoms with Crippen LogP contribution in [0.5, 0.6) is 0 Å². The Labute approximate surface area is 66.4 Å². The van der Waals surface area contributed by atoms with E-state index in [-0.39, 0.29) is 6.10 Å². The molecule has 0 aliphatic heterocycles. The highest BCUT2D eigenvalue weighted by Crippen LogP contribution is 2.55. The summed E-state index contributed by atoms with van der Waals surface area (Å²) in [4.78, 5) is 0. The van der Waals surface area contributed by atoms with Gasteiger partial charge in [-0.2, -0.15) is 0 Å². The lowest BCUT2D eigenvalue weighted by atomic mass is 10.0. The molecule has 0 saturated heterocycles. The van der Waals surface area contributed by atoms with Gasteiger partial charge in [-0.05, 0) is 24.2 Å². The van der Waals surface area contributed by atoms with Crippen LogP contribution in [0.2, 0.25) is 0 Å². The molecule has 0 aromatic rings. The molecule has 1 heteroatoms. The fourth-order valence-corrected chi connectivity index (χ4v) is 2.55. The van der Waals surface area contributed by atoms with Crippen molar-refractivity contribution in [1.82, 2.24) is 0 Å². The van der Waals surface area contributed by atoms with Crippen LogP contribution in [0.25, 0.3) is 0 Å². The summed E-state index contributed by atoms with van der Waals surface area (Å²) in [5.41, 5.74) is 0. The fourth-order valence-electron chi connectivity index (χ4n) is 2.55. The molecule has 0 aromatic heterocycles. The van der Waals surface area contributed by atoms with Gasteiger partial charge in [-0.1, -0.05) is 24.3 Å². The summed E-state index contributed by atoms with van der Waals surface area (Å²) in [5, 5.41) is 9.67. The van der Waals surface area contributed by atoms with Crippen molar-refractivity contribution in [3.8, 4) is 0 Å². The molecule has 1 fully saturated rings. The number of allylic oxidation sites excluding steroid dienone is 2. The minimum absolute atomic E-state index is 0.106. The molecule has 4 aliphatic carbocycles. The minimum Gasteiger partial charge on any atom is -0.392 e. The normalized spacial score (nSPS) is 57.4. The molecular weight excluding hydrogens is 136 g/mol. The third-order valence-electron chi connectivity index (χ3n) is 3.36. The quantitative estimate of drug-likeness (QED) is 0.514. The minimum atomic E-state index is -0.106. The summed E-state index contributed by atoms with van der Waals surface area (Å²) in [6.45, 7) is 0. The molecule has 58 valence electrons. The van der Waals surface area contributed by atoms with E-state index >= 15 is 0 Å². The molecule has 4 aliphatic rings. The summed E-state index contributed by atoms with van der Waals surface area (Å²) >= 11 is 0. The van der Waals surface area contributed by atoms with Gasteiger partial charge in [0.25, 0.3) is 0 Å². The van der Waals surface area contributed by atoms with E-state index in [4.69, 9.17) is 0 Å². The number of hydrogen-bond donors (Lipinski definition) is 1. The molecule has 1 saturated carbocycles. The van der Waals surface area contributed by atoms with Gasteiger partial charge >= 0.3 is 0 Å². The van der Waals surface area contributed by atoms with Gasteiger partial charge in [0.15, 0.2) is 0 Å². The molecule has 4 rings (SSSR count). The maximum absolute atomic E-state index is 9.67. The van der Waals surface area contributed by atoms with Crippen LogP contribution in [0.3, 0.4) is 0 Å². The molecule has 1 N–H and O–H groups in total. The van der Waals surface area contributed by atoms with Crippen LogP contribution in [0.15, 0.2) is 24.3 Å². The molecular formula is C10H12O. The number of aliphatic hydroxyl groups excluding tert-OH is 1. The Balaban J connectivity index is 2.05. The lowest BCUT2D eigenvalue weighted by Crippen LogP contribution is -2.15. The van der Waals surface area contributed by atoms with E-state index < -0.39 is 0 Å². The van der Waals surface area contributed by atoms with Gasteiger partial charge < -0.3 is 5.11 Å². The molecule has 0 radical (unpaired) electrons. The molecule has 0 aromatic carbocycles. The maximum atomic E-state index is 9.67. The van der Waals surface area contributed by atoms with Gasteiger partial charge in [0.1, 0.15) is 0 Å². The molecule has 2 unspecified atom stereocenters. The predicted octanol–water partition coefficient (Wildman–Crippen LogP) is 1.36. The van der Waals surface area contributed by atoms with Gasteiger partial charge in [-0.3, -0.25) is 0 Å². The Hall–Kier alpha value is -0.560. The Morgan fingerprint density at radius 2 is 1.64 bits per heavy atom. The largest absolute Gasteiger partial charge is 0.392 e. The topological polar surface area (TPSA) is 20.2 Å². The highest BCUT2D eigenvalue weighted by atomic mass is 16.3. The van der Waals surface area contributed by atoms with Crippen molar-refractivity contribution in [1.29, 1.82) is 0 Å². The van der Waals surface area contributed by atoms with Crippen molar-refractivity contribution in [2.45, 2.75) is 12.5 Å². The zero-order valence-electron chi connectivity index (χ0n) is 6.35. The highest BCUT2D eigenvalue weighted by molar-refractivity contribution is 5.26. The highest BCUT2D eigenvalue weighted by Gasteiger charge is 2.50. The summed E-state index contributed by atoms with van der Waals surface area (Å²) in [7, 11) is 0. The fraction of sp³-hybridized carbons (Fsp3) is 0.600. The van der Waals surface area contributed by atoms with E-state index in [1.165, 1.54) is 0 Å². The molecule has 0 spiro atoms. The lowest BCUT2D eigenvalue weighted by molar-refractivity contribution is 0.135. The van der Waals surface area contributed by atoms with Crippen LogP contribution >= 0.6 is 0 Å². The first-order chi connectivity index (χ1) is 5.36. The molecule has 1 nitrogen and oxygen atoms in total. The Bertz CT molecular complexity index is 221. The van der Waals surface area contributed by atoms with Crippen LogP contribution in [0.4, 0.5) is 0 Å². The number of hydrogen-bond acceptors (Lipinski definition) is 1. The lowest BCUT2D eigenvalue weighted by Gasteiger charge is -2.12. The van der Waals surface area contributed by atoms with E-state index in [1.807, 2.05) is 0 Å². The first-order valence-corrected chi connectivity index (χ1v) is 4.41. The average Bonchev–Trinajstić information content (AvgIpc) is 2.65. The monoisotopic (exact) mass is 148 g/mol. The van der Waals surface area contributed by atoms with Gasteiger partial charge in [0.05, 0.1) is 6.10 Å². The zero-order chi connectivity index (χ0) is 7.42. The van der Waals surface area contributed by atoms with Gasteiger partial charge in [-0.25, -0.2) is 0 Å². The Morgan fingerprint density at radius 1 is 1.00 bits per heavy atom. The summed E-state index contributed by atoms with van der Waals surface area (Å²) in [6, 6.07) is 0. The van der Waals surface area contributed by atoms with Crippen LogP contribution in [-0.2, 0) is 0 Å². The second kappa shape index (κ2) is 1.78. The smallest absolute Gasteiger partial charge is 0.0640 e. The van der Waals surface area contributed by atoms with Crippen molar-refractivity contribution >= 4 is 0 Å². The third kappa shape index (κ3) is 0.694. The number of fused-ring (bicyclic) bond motifs is 1. The molecule has 4 bridgehead atoms. The van der Waals surface area contributed by atoms with Gasteiger partial charge in [0.2, 0.25) is 0 Å². The zero-order valence-corrected chi connectivity index (χ0v) is 6.35. The molecule has 5 atom stereocenters. The SMILES string of the molecule is O[C@@H]1CC2[C@H]3C=CC1C=C[C@@H]23. The van der Waals surface area contributed by atoms with Crippen molar-refractivity contribution in [3.63, 3.8) is 0 Å². The second-order valence-electron chi connectivity index (χ2n) is 3.97. The van der Waals surface area contributed by atoms with Crippen LogP contribution in [-0.4, -0.2) is 11.2 Å². The summed E-state index contributed by atoms with van der Waals surface area (Å²) < 4.78 is 0. The van der Waals surface area contributed by atoms with Gasteiger partial charge in [0, 0.05) is 5.92 Å². The molecule has 0 heterocycles. The summed E-state index contributed by atoms with van der Waals surface area (Å²) in [6.07, 6.45) is 9.87. The van der Waals surface area contributed by atoms with Crippen molar-refractivity contribution < 1.29 is 5.11 Å². The van der Waals surface area contributed by atoms with E-state index in [9.17, 15) is 5.11 Å². The maximum Gasteiger partial charge on any atom is 0.0640 e. The van der Waals surface area contributed by atoms with Crippen LogP contribution in [0.1, 0.15) is 6.42 Å². The van der Waals surface area contributed by atoms with Gasteiger partial charge in [-0.15, -0.1) is 0 Å². The second-order valence-corrected chi connectivity index (χ2v) is 3.97. The van der Waals surface area contributed by atoms with E-state index in [1.54, 1.807) is 0 Å². The van der Waals surface area contributed by atoms with Crippen LogP contribution < -0.4 is 0 Å². The van der Waals surface area contributed by atoms with E-state index in [0.29, 0.717) is 5.92 Å². The first-order valence-electron chi connectivity index (χ1n) is 4.41. The third-order valence-corrected chi connectivity index (χ3v) is 3.36. The molecule has 0 amide bonds. The Kier molecular flexibility index (Phi) is 0.972. The first kappa shape index (κ1) is 6.01. The standard InChI is InChI=1S/C10H12O/c11-10-5-9-7-3-1-6(10)2-4-8(7)9/h1-4,6-11H,5H2/t6?,7-,8+,9?,10-/m1/s1. The van der Waals surface area contributed by atoms with Crippen molar-refractivity contribution in [3.05, 3.63) is 24.3 Å². The predicted molar refractivity (Wildman–Crippen MR) is 42.9 cm³/mol. The average molecular weight is 148 g/mol. The van der Waals surface area contributed by atoms with Crippen molar-refractivity contribution in [2.75, 3.05) is 0 Å².